The molecule has 1 N–H and O–H groups in total. The summed E-state index contributed by atoms with van der Waals surface area (Å²) < 4.78 is 33.4. The number of carbonyl (C=O) groups excluding carboxylic acids is 2. The summed E-state index contributed by atoms with van der Waals surface area (Å²) in [5, 5.41) is 2.93. The van der Waals surface area contributed by atoms with Crippen LogP contribution >= 0.6 is 0 Å². The van der Waals surface area contributed by atoms with E-state index in [0.717, 1.165) is 24.8 Å². The molecule has 1 saturated heterocycles. The first-order valence-corrected chi connectivity index (χ1v) is 13.6. The van der Waals surface area contributed by atoms with E-state index < -0.39 is 10.0 Å². The van der Waals surface area contributed by atoms with E-state index >= 15 is 0 Å². The number of nitrogens with zero attached hydrogens (tertiary/aromatic N) is 2. The maximum Gasteiger partial charge on any atom is 0.264 e. The molecule has 0 bridgehead atoms. The SMILES string of the molecule is COCCCNC(=O)C1CCN(C(=O)c2cccc(S(=O)(=O)N3CCCc4ccccc43)c2)CC1. The van der Waals surface area contributed by atoms with Crippen LogP contribution in [0.5, 0.6) is 0 Å². The first kappa shape index (κ1) is 25.2. The Bertz CT molecular complexity index is 1160. The number of para-hydroxylation sites is 1. The first-order chi connectivity index (χ1) is 16.9. The lowest BCUT2D eigenvalue weighted by Crippen LogP contribution is -2.43. The van der Waals surface area contributed by atoms with Gasteiger partial charge < -0.3 is 15.0 Å². The maximum absolute atomic E-state index is 13.5. The van der Waals surface area contributed by atoms with Gasteiger partial charge in [-0.1, -0.05) is 24.3 Å². The Balaban J connectivity index is 1.42. The zero-order chi connectivity index (χ0) is 24.8. The van der Waals surface area contributed by atoms with E-state index in [1.165, 1.54) is 10.4 Å². The van der Waals surface area contributed by atoms with Gasteiger partial charge in [0.05, 0.1) is 10.6 Å². The summed E-state index contributed by atoms with van der Waals surface area (Å²) in [5.74, 6) is -0.310. The number of nitrogens with one attached hydrogen (secondary N) is 1. The van der Waals surface area contributed by atoms with E-state index in [0.29, 0.717) is 56.9 Å². The number of rotatable bonds is 8. The van der Waals surface area contributed by atoms with Gasteiger partial charge in [0.15, 0.2) is 0 Å². The molecule has 2 aromatic carbocycles. The first-order valence-electron chi connectivity index (χ1n) is 12.2. The highest BCUT2D eigenvalue weighted by Crippen LogP contribution is 2.32. The lowest BCUT2D eigenvalue weighted by molar-refractivity contribution is -0.126. The molecule has 0 atom stereocenters. The Morgan fingerprint density at radius 3 is 2.60 bits per heavy atom. The fourth-order valence-corrected chi connectivity index (χ4v) is 6.35. The highest BCUT2D eigenvalue weighted by Gasteiger charge is 2.31. The molecule has 0 aliphatic carbocycles. The van der Waals surface area contributed by atoms with Gasteiger partial charge >= 0.3 is 0 Å². The zero-order valence-electron chi connectivity index (χ0n) is 20.1. The van der Waals surface area contributed by atoms with Gasteiger partial charge in [0.25, 0.3) is 15.9 Å². The van der Waals surface area contributed by atoms with Gasteiger partial charge in [-0.3, -0.25) is 13.9 Å². The molecule has 1 fully saturated rings. The van der Waals surface area contributed by atoms with Crippen molar-refractivity contribution in [2.45, 2.75) is 37.0 Å². The molecule has 4 rings (SSSR count). The van der Waals surface area contributed by atoms with Gasteiger partial charge in [-0.15, -0.1) is 0 Å². The van der Waals surface area contributed by atoms with Crippen molar-refractivity contribution in [2.75, 3.05) is 44.2 Å². The summed E-state index contributed by atoms with van der Waals surface area (Å²) in [6.07, 6.45) is 3.54. The highest BCUT2D eigenvalue weighted by molar-refractivity contribution is 7.92. The van der Waals surface area contributed by atoms with E-state index in [9.17, 15) is 18.0 Å². The fourth-order valence-electron chi connectivity index (χ4n) is 4.77. The third-order valence-electron chi connectivity index (χ3n) is 6.71. The average molecular weight is 500 g/mol. The number of anilines is 1. The number of ether oxygens (including phenoxy) is 1. The van der Waals surface area contributed by atoms with Gasteiger partial charge in [0, 0.05) is 51.4 Å². The van der Waals surface area contributed by atoms with Gasteiger partial charge in [-0.05, 0) is 61.9 Å². The number of piperidine rings is 1. The number of aryl methyl sites for hydroxylation is 1. The minimum atomic E-state index is -3.79. The Hall–Kier alpha value is -2.91. The van der Waals surface area contributed by atoms with Crippen molar-refractivity contribution >= 4 is 27.5 Å². The predicted octanol–water partition coefficient (Wildman–Crippen LogP) is 2.83. The van der Waals surface area contributed by atoms with Crippen LogP contribution in [-0.4, -0.2) is 65.0 Å². The average Bonchev–Trinajstić information content (AvgIpc) is 2.90. The van der Waals surface area contributed by atoms with Gasteiger partial charge in [-0.25, -0.2) is 8.42 Å². The minimum absolute atomic E-state index is 0.0168. The summed E-state index contributed by atoms with van der Waals surface area (Å²) in [6, 6.07) is 13.8. The minimum Gasteiger partial charge on any atom is -0.385 e. The van der Waals surface area contributed by atoms with E-state index in [-0.39, 0.29) is 22.6 Å². The molecule has 0 spiro atoms. The lowest BCUT2D eigenvalue weighted by Gasteiger charge is -2.32. The largest absolute Gasteiger partial charge is 0.385 e. The van der Waals surface area contributed by atoms with Crippen molar-refractivity contribution in [3.63, 3.8) is 0 Å². The van der Waals surface area contributed by atoms with Crippen LogP contribution in [0.3, 0.4) is 0 Å². The van der Waals surface area contributed by atoms with Crippen LogP contribution < -0.4 is 9.62 Å². The lowest BCUT2D eigenvalue weighted by atomic mass is 9.95. The summed E-state index contributed by atoms with van der Waals surface area (Å²) in [4.78, 5) is 27.4. The number of hydrogen-bond acceptors (Lipinski definition) is 5. The van der Waals surface area contributed by atoms with Crippen molar-refractivity contribution in [1.82, 2.24) is 10.2 Å². The van der Waals surface area contributed by atoms with Crippen molar-refractivity contribution in [1.29, 1.82) is 0 Å². The molecular weight excluding hydrogens is 466 g/mol. The van der Waals surface area contributed by atoms with Crippen LogP contribution in [0.15, 0.2) is 53.4 Å². The molecule has 0 radical (unpaired) electrons. The normalized spacial score (nSPS) is 16.6. The van der Waals surface area contributed by atoms with E-state index in [1.54, 1.807) is 30.2 Å². The monoisotopic (exact) mass is 499 g/mol. The summed E-state index contributed by atoms with van der Waals surface area (Å²) in [6.45, 7) is 2.52. The standard InChI is InChI=1S/C26H33N3O5S/c1-34-18-6-14-27-25(30)21-12-16-28(17-13-21)26(31)22-8-4-10-23(19-22)35(32,33)29-15-5-9-20-7-2-3-11-24(20)29/h2-4,7-8,10-11,19,21H,5-6,9,12-18H2,1H3,(H,27,30). The van der Waals surface area contributed by atoms with Crippen LogP contribution in [0, 0.1) is 5.92 Å². The Morgan fingerprint density at radius 2 is 1.83 bits per heavy atom. The van der Waals surface area contributed by atoms with Crippen molar-refractivity contribution < 1.29 is 22.7 Å². The smallest absolute Gasteiger partial charge is 0.264 e. The second kappa shape index (κ2) is 11.2. The molecular formula is C26H33N3O5S. The molecule has 9 heteroatoms. The van der Waals surface area contributed by atoms with Crippen molar-refractivity contribution in [2.24, 2.45) is 5.92 Å². The highest BCUT2D eigenvalue weighted by atomic mass is 32.2. The number of benzene rings is 2. The van der Waals surface area contributed by atoms with E-state index in [1.807, 2.05) is 24.3 Å². The quantitative estimate of drug-likeness (QED) is 0.564. The van der Waals surface area contributed by atoms with Crippen LogP contribution in [0.25, 0.3) is 0 Å². The molecule has 2 amide bonds. The summed E-state index contributed by atoms with van der Waals surface area (Å²) in [5.41, 5.74) is 2.07. The van der Waals surface area contributed by atoms with Crippen molar-refractivity contribution in [3.05, 3.63) is 59.7 Å². The van der Waals surface area contributed by atoms with Crippen LogP contribution in [-0.2, 0) is 26.0 Å². The maximum atomic E-state index is 13.5. The molecule has 188 valence electrons. The molecule has 35 heavy (non-hydrogen) atoms. The molecule has 2 aromatic rings. The second-order valence-electron chi connectivity index (χ2n) is 9.04. The molecule has 0 unspecified atom stereocenters. The number of methoxy groups -OCH3 is 1. The number of amides is 2. The number of sulfonamides is 1. The molecule has 2 heterocycles. The van der Waals surface area contributed by atoms with Gasteiger partial charge in [0.2, 0.25) is 5.91 Å². The third-order valence-corrected chi connectivity index (χ3v) is 8.52. The van der Waals surface area contributed by atoms with Crippen LogP contribution in [0.4, 0.5) is 5.69 Å². The van der Waals surface area contributed by atoms with E-state index in [4.69, 9.17) is 4.74 Å². The number of carbonyl (C=O) groups is 2. The molecule has 0 aromatic heterocycles. The number of fused-ring (bicyclic) bond motifs is 1. The van der Waals surface area contributed by atoms with Gasteiger partial charge in [-0.2, -0.15) is 0 Å². The predicted molar refractivity (Wildman–Crippen MR) is 134 cm³/mol. The topological polar surface area (TPSA) is 96.0 Å². The van der Waals surface area contributed by atoms with Crippen LogP contribution in [0.2, 0.25) is 0 Å². The third kappa shape index (κ3) is 5.67. The molecule has 0 saturated carbocycles. The van der Waals surface area contributed by atoms with E-state index in [2.05, 4.69) is 5.32 Å². The Morgan fingerprint density at radius 1 is 1.06 bits per heavy atom. The summed E-state index contributed by atoms with van der Waals surface area (Å²) in [7, 11) is -2.16. The zero-order valence-corrected chi connectivity index (χ0v) is 20.9. The van der Waals surface area contributed by atoms with Crippen molar-refractivity contribution in [3.8, 4) is 0 Å². The number of likely N-dealkylation sites (tertiary alicyclic amines) is 1. The Kier molecular flexibility index (Phi) is 8.07. The van der Waals surface area contributed by atoms with Crippen LogP contribution in [0.1, 0.15) is 41.6 Å². The number of hydrogen-bond donors (Lipinski definition) is 1. The Labute approximate surface area is 207 Å². The second-order valence-corrected chi connectivity index (χ2v) is 10.9. The van der Waals surface area contributed by atoms with Gasteiger partial charge in [0.1, 0.15) is 0 Å². The summed E-state index contributed by atoms with van der Waals surface area (Å²) >= 11 is 0. The fraction of sp³-hybridized carbons (Fsp3) is 0.462. The molecule has 2 aliphatic rings. The molecule has 8 nitrogen and oxygen atoms in total. The molecule has 2 aliphatic heterocycles.